The van der Waals surface area contributed by atoms with Gasteiger partial charge in [-0.3, -0.25) is 30.6 Å². The van der Waals surface area contributed by atoms with Crippen LogP contribution in [0, 0.1) is 16.0 Å². The number of nitro benzene ring substituents is 1. The molecule has 0 aliphatic heterocycles. The highest BCUT2D eigenvalue weighted by molar-refractivity contribution is 5.93. The molecule has 2 amide bonds. The fourth-order valence-corrected chi connectivity index (χ4v) is 2.69. The summed E-state index contributed by atoms with van der Waals surface area (Å²) >= 11 is 0. The van der Waals surface area contributed by atoms with Gasteiger partial charge >= 0.3 is 0 Å². The number of carbonyl (C=O) groups is 2. The van der Waals surface area contributed by atoms with Crippen molar-refractivity contribution in [2.45, 2.75) is 12.3 Å². The predicted octanol–water partition coefficient (Wildman–Crippen LogP) is 2.56. The molecule has 1 aliphatic rings. The number of nitrogens with one attached hydrogen (secondary N) is 2. The Hall–Kier alpha value is -3.48. The normalized spacial score (nSPS) is 18.3. The van der Waals surface area contributed by atoms with Crippen LogP contribution in [0.1, 0.15) is 23.5 Å². The first-order chi connectivity index (χ1) is 12.5. The summed E-state index contributed by atoms with van der Waals surface area (Å²) in [4.78, 5) is 33.9. The standard InChI is InChI=1S/C19H17N3O4/c23-18(11-8-13-6-9-15(10-7-13)22(25)26)20-21-19(24)17-12-16(17)14-4-2-1-3-5-14/h1-11,16-17H,12H2,(H,20,23)(H,21,24)/b11-8+/t16-,17+/m1/s1. The second-order valence-electron chi connectivity index (χ2n) is 6.02. The van der Waals surface area contributed by atoms with E-state index >= 15 is 0 Å². The molecule has 132 valence electrons. The van der Waals surface area contributed by atoms with Gasteiger partial charge in [0.05, 0.1) is 4.92 Å². The first kappa shape index (κ1) is 17.3. The summed E-state index contributed by atoms with van der Waals surface area (Å²) < 4.78 is 0. The van der Waals surface area contributed by atoms with Gasteiger partial charge < -0.3 is 0 Å². The molecular weight excluding hydrogens is 334 g/mol. The second-order valence-corrected chi connectivity index (χ2v) is 6.02. The molecular formula is C19H17N3O4. The maximum absolute atomic E-state index is 12.1. The Morgan fingerprint density at radius 2 is 1.73 bits per heavy atom. The number of carbonyl (C=O) groups excluding carboxylic acids is 2. The highest BCUT2D eigenvalue weighted by atomic mass is 16.6. The zero-order valence-corrected chi connectivity index (χ0v) is 13.8. The Morgan fingerprint density at radius 1 is 1.04 bits per heavy atom. The first-order valence-corrected chi connectivity index (χ1v) is 8.12. The van der Waals surface area contributed by atoms with Gasteiger partial charge in [-0.2, -0.15) is 0 Å². The van der Waals surface area contributed by atoms with Gasteiger partial charge in [0, 0.05) is 24.1 Å². The molecule has 1 fully saturated rings. The van der Waals surface area contributed by atoms with E-state index in [4.69, 9.17) is 0 Å². The van der Waals surface area contributed by atoms with Crippen LogP contribution >= 0.6 is 0 Å². The number of rotatable bonds is 5. The SMILES string of the molecule is O=C(/C=C/c1ccc([N+](=O)[O-])cc1)NNC(=O)[C@H]1C[C@@H]1c1ccccc1. The van der Waals surface area contributed by atoms with E-state index in [0.29, 0.717) is 5.56 Å². The zero-order valence-electron chi connectivity index (χ0n) is 13.8. The summed E-state index contributed by atoms with van der Waals surface area (Å²) in [5.41, 5.74) is 6.51. The lowest BCUT2D eigenvalue weighted by molar-refractivity contribution is -0.384. The largest absolute Gasteiger partial charge is 0.273 e. The van der Waals surface area contributed by atoms with Gasteiger partial charge in [-0.1, -0.05) is 30.3 Å². The fraction of sp³-hybridized carbons (Fsp3) is 0.158. The van der Waals surface area contributed by atoms with Crippen molar-refractivity contribution in [2.75, 3.05) is 0 Å². The molecule has 1 saturated carbocycles. The monoisotopic (exact) mass is 351 g/mol. The Kier molecular flexibility index (Phi) is 5.07. The topological polar surface area (TPSA) is 101 Å². The lowest BCUT2D eigenvalue weighted by Crippen LogP contribution is -2.41. The van der Waals surface area contributed by atoms with Crippen molar-refractivity contribution in [2.24, 2.45) is 5.92 Å². The number of hydrazine groups is 1. The van der Waals surface area contributed by atoms with Crippen LogP contribution in [0.4, 0.5) is 5.69 Å². The summed E-state index contributed by atoms with van der Waals surface area (Å²) in [5.74, 6) is -0.621. The molecule has 0 heterocycles. The van der Waals surface area contributed by atoms with Crippen LogP contribution in [0.15, 0.2) is 60.7 Å². The maximum Gasteiger partial charge on any atom is 0.269 e. The van der Waals surface area contributed by atoms with E-state index < -0.39 is 10.8 Å². The minimum Gasteiger partial charge on any atom is -0.273 e. The van der Waals surface area contributed by atoms with Crippen molar-refractivity contribution >= 4 is 23.6 Å². The van der Waals surface area contributed by atoms with Crippen molar-refractivity contribution in [1.29, 1.82) is 0 Å². The molecule has 1 aliphatic carbocycles. The van der Waals surface area contributed by atoms with E-state index in [1.165, 1.54) is 36.4 Å². The van der Waals surface area contributed by atoms with Gasteiger partial charge in [-0.05, 0) is 41.7 Å². The average Bonchev–Trinajstić information content (AvgIpc) is 3.46. The molecule has 0 saturated heterocycles. The van der Waals surface area contributed by atoms with Crippen LogP contribution in [0.3, 0.4) is 0 Å². The summed E-state index contributed by atoms with van der Waals surface area (Å²) in [5, 5.41) is 10.6. The van der Waals surface area contributed by atoms with E-state index in [1.807, 2.05) is 30.3 Å². The van der Waals surface area contributed by atoms with Crippen LogP contribution in [-0.4, -0.2) is 16.7 Å². The van der Waals surface area contributed by atoms with E-state index in [1.54, 1.807) is 0 Å². The molecule has 0 spiro atoms. The summed E-state index contributed by atoms with van der Waals surface area (Å²) in [6, 6.07) is 15.6. The smallest absolute Gasteiger partial charge is 0.269 e. The van der Waals surface area contributed by atoms with Crippen LogP contribution in [0.5, 0.6) is 0 Å². The minimum atomic E-state index is -0.490. The van der Waals surface area contributed by atoms with E-state index in [2.05, 4.69) is 10.9 Å². The summed E-state index contributed by atoms with van der Waals surface area (Å²) in [6.07, 6.45) is 3.53. The lowest BCUT2D eigenvalue weighted by Gasteiger charge is -2.05. The zero-order chi connectivity index (χ0) is 18.5. The van der Waals surface area contributed by atoms with Gasteiger partial charge in [-0.15, -0.1) is 0 Å². The molecule has 2 aromatic carbocycles. The number of benzene rings is 2. The van der Waals surface area contributed by atoms with Gasteiger partial charge in [0.15, 0.2) is 0 Å². The fourth-order valence-electron chi connectivity index (χ4n) is 2.69. The molecule has 0 unspecified atom stereocenters. The Balaban J connectivity index is 1.45. The van der Waals surface area contributed by atoms with Crippen molar-refractivity contribution in [3.05, 3.63) is 81.9 Å². The van der Waals surface area contributed by atoms with Crippen LogP contribution in [0.25, 0.3) is 6.08 Å². The minimum absolute atomic E-state index is 0.0173. The summed E-state index contributed by atoms with van der Waals surface area (Å²) in [7, 11) is 0. The maximum atomic E-state index is 12.1. The molecule has 2 aromatic rings. The number of non-ortho nitro benzene ring substituents is 1. The number of hydrogen-bond acceptors (Lipinski definition) is 4. The van der Waals surface area contributed by atoms with E-state index in [-0.39, 0.29) is 23.4 Å². The highest BCUT2D eigenvalue weighted by Crippen LogP contribution is 2.47. The van der Waals surface area contributed by atoms with Crippen LogP contribution < -0.4 is 10.9 Å². The van der Waals surface area contributed by atoms with Gasteiger partial charge in [0.2, 0.25) is 5.91 Å². The Labute approximate surface area is 149 Å². The number of nitro groups is 1. The van der Waals surface area contributed by atoms with Gasteiger partial charge in [-0.25, -0.2) is 0 Å². The number of nitrogens with zero attached hydrogens (tertiary/aromatic N) is 1. The molecule has 0 radical (unpaired) electrons. The molecule has 0 aromatic heterocycles. The van der Waals surface area contributed by atoms with Crippen molar-refractivity contribution in [3.63, 3.8) is 0 Å². The van der Waals surface area contributed by atoms with Gasteiger partial charge in [0.25, 0.3) is 11.6 Å². The van der Waals surface area contributed by atoms with Crippen molar-refractivity contribution in [1.82, 2.24) is 10.9 Å². The van der Waals surface area contributed by atoms with Crippen LogP contribution in [0.2, 0.25) is 0 Å². The molecule has 2 N–H and O–H groups in total. The molecule has 3 rings (SSSR count). The molecule has 2 atom stereocenters. The number of hydrogen-bond donors (Lipinski definition) is 2. The molecule has 7 nitrogen and oxygen atoms in total. The quantitative estimate of drug-likeness (QED) is 0.491. The summed E-state index contributed by atoms with van der Waals surface area (Å²) in [6.45, 7) is 0. The predicted molar refractivity (Wildman–Crippen MR) is 95.7 cm³/mol. The Morgan fingerprint density at radius 3 is 2.38 bits per heavy atom. The van der Waals surface area contributed by atoms with Crippen molar-refractivity contribution < 1.29 is 14.5 Å². The van der Waals surface area contributed by atoms with Crippen molar-refractivity contribution in [3.8, 4) is 0 Å². The highest BCUT2D eigenvalue weighted by Gasteiger charge is 2.43. The number of amides is 2. The second kappa shape index (κ2) is 7.60. The lowest BCUT2D eigenvalue weighted by atomic mass is 10.1. The third kappa shape index (κ3) is 4.32. The Bertz CT molecular complexity index is 847. The third-order valence-corrected chi connectivity index (χ3v) is 4.19. The molecule has 7 heteroatoms. The van der Waals surface area contributed by atoms with Gasteiger partial charge in [0.1, 0.15) is 0 Å². The third-order valence-electron chi connectivity index (χ3n) is 4.19. The molecule has 26 heavy (non-hydrogen) atoms. The average molecular weight is 351 g/mol. The van der Waals surface area contributed by atoms with Crippen LogP contribution in [-0.2, 0) is 9.59 Å². The van der Waals surface area contributed by atoms with E-state index in [0.717, 1.165) is 12.0 Å². The molecule has 0 bridgehead atoms. The first-order valence-electron chi connectivity index (χ1n) is 8.12. The van der Waals surface area contributed by atoms with E-state index in [9.17, 15) is 19.7 Å².